The number of hydrogen-bond donors (Lipinski definition) is 2. The molecule has 1 fully saturated rings. The summed E-state index contributed by atoms with van der Waals surface area (Å²) in [6.45, 7) is 11.9. The number of anilines is 1. The van der Waals surface area contributed by atoms with Gasteiger partial charge in [-0.3, -0.25) is 9.69 Å². The number of nitrogens with zero attached hydrogens (tertiary/aromatic N) is 1. The largest absolute Gasteiger partial charge is 0.492 e. The van der Waals surface area contributed by atoms with E-state index in [9.17, 15) is 4.79 Å². The minimum absolute atomic E-state index is 0.162. The minimum atomic E-state index is -0.547. The van der Waals surface area contributed by atoms with Crippen LogP contribution in [0, 0.1) is 12.3 Å². The van der Waals surface area contributed by atoms with Crippen LogP contribution < -0.4 is 15.8 Å². The Morgan fingerprint density at radius 3 is 2.58 bits per heavy atom. The van der Waals surface area contributed by atoms with Crippen molar-refractivity contribution in [2.24, 2.45) is 11.1 Å². The first kappa shape index (κ1) is 18.7. The number of likely N-dealkylation sites (tertiary alicyclic amines) is 1. The Morgan fingerprint density at radius 1 is 1.33 bits per heavy atom. The molecule has 24 heavy (non-hydrogen) atoms. The van der Waals surface area contributed by atoms with Crippen molar-refractivity contribution in [2.45, 2.75) is 46.6 Å². The number of carbonyl (C=O) groups is 1. The van der Waals surface area contributed by atoms with Gasteiger partial charge >= 0.3 is 0 Å². The molecule has 1 aliphatic rings. The third kappa shape index (κ3) is 5.21. The van der Waals surface area contributed by atoms with Crippen LogP contribution in [0.2, 0.25) is 0 Å². The van der Waals surface area contributed by atoms with E-state index in [0.29, 0.717) is 6.61 Å². The zero-order chi connectivity index (χ0) is 17.7. The van der Waals surface area contributed by atoms with Gasteiger partial charge in [-0.2, -0.15) is 0 Å². The lowest BCUT2D eigenvalue weighted by Crippen LogP contribution is -2.45. The highest BCUT2D eigenvalue weighted by atomic mass is 16.5. The first-order valence-electron chi connectivity index (χ1n) is 8.79. The number of aryl methyl sites for hydroxylation is 1. The summed E-state index contributed by atoms with van der Waals surface area (Å²) in [4.78, 5) is 14.6. The van der Waals surface area contributed by atoms with Gasteiger partial charge in [-0.05, 0) is 62.0 Å². The molecule has 0 saturated carbocycles. The Balaban J connectivity index is 1.88. The number of hydrogen-bond acceptors (Lipinski definition) is 4. The molecule has 0 aromatic heterocycles. The molecule has 0 unspecified atom stereocenters. The van der Waals surface area contributed by atoms with Gasteiger partial charge in [0.25, 0.3) is 0 Å². The van der Waals surface area contributed by atoms with Crippen LogP contribution in [0.5, 0.6) is 5.75 Å². The number of amides is 1. The predicted molar refractivity (Wildman–Crippen MR) is 98.4 cm³/mol. The Bertz CT molecular complexity index is 560. The zero-order valence-corrected chi connectivity index (χ0v) is 15.4. The molecule has 5 nitrogen and oxygen atoms in total. The normalized spacial score (nSPS) is 16.9. The fourth-order valence-electron chi connectivity index (χ4n) is 2.79. The maximum Gasteiger partial charge on any atom is 0.241 e. The lowest BCUT2D eigenvalue weighted by Gasteiger charge is -2.26. The number of benzene rings is 1. The SMILES string of the molecule is Cc1cc(NC(=O)[C@@H](N)C(C)(C)C)ccc1OCCN1CCCC1. The average Bonchev–Trinajstić information content (AvgIpc) is 3.01. The summed E-state index contributed by atoms with van der Waals surface area (Å²) in [7, 11) is 0. The van der Waals surface area contributed by atoms with E-state index in [4.69, 9.17) is 10.5 Å². The average molecular weight is 333 g/mol. The lowest BCUT2D eigenvalue weighted by atomic mass is 9.87. The second kappa shape index (κ2) is 7.99. The van der Waals surface area contributed by atoms with Gasteiger partial charge in [-0.1, -0.05) is 20.8 Å². The molecule has 1 aliphatic heterocycles. The summed E-state index contributed by atoms with van der Waals surface area (Å²) in [6, 6.07) is 5.16. The molecule has 1 aromatic rings. The summed E-state index contributed by atoms with van der Waals surface area (Å²) in [6.07, 6.45) is 2.59. The molecule has 0 radical (unpaired) electrons. The zero-order valence-electron chi connectivity index (χ0n) is 15.4. The Labute approximate surface area is 145 Å². The van der Waals surface area contributed by atoms with E-state index in [0.717, 1.165) is 23.5 Å². The number of carbonyl (C=O) groups excluding carboxylic acids is 1. The quantitative estimate of drug-likeness (QED) is 0.840. The molecular weight excluding hydrogens is 302 g/mol. The number of nitrogens with one attached hydrogen (secondary N) is 1. The van der Waals surface area contributed by atoms with Crippen molar-refractivity contribution in [2.75, 3.05) is 31.6 Å². The van der Waals surface area contributed by atoms with Gasteiger partial charge in [0, 0.05) is 12.2 Å². The van der Waals surface area contributed by atoms with E-state index < -0.39 is 6.04 Å². The molecule has 3 N–H and O–H groups in total. The van der Waals surface area contributed by atoms with E-state index >= 15 is 0 Å². The molecule has 1 saturated heterocycles. The molecular formula is C19H31N3O2. The van der Waals surface area contributed by atoms with Crippen molar-refractivity contribution < 1.29 is 9.53 Å². The third-order valence-electron chi connectivity index (χ3n) is 4.52. The number of nitrogens with two attached hydrogens (primary N) is 1. The van der Waals surface area contributed by atoms with Crippen molar-refractivity contribution in [3.63, 3.8) is 0 Å². The molecule has 1 heterocycles. The van der Waals surface area contributed by atoms with Gasteiger partial charge < -0.3 is 15.8 Å². The fraction of sp³-hybridized carbons (Fsp3) is 0.632. The minimum Gasteiger partial charge on any atom is -0.492 e. The van der Waals surface area contributed by atoms with Gasteiger partial charge in [0.05, 0.1) is 6.04 Å². The van der Waals surface area contributed by atoms with Crippen LogP contribution in [-0.4, -0.2) is 43.1 Å². The van der Waals surface area contributed by atoms with Crippen molar-refractivity contribution in [1.29, 1.82) is 0 Å². The Morgan fingerprint density at radius 2 is 2.00 bits per heavy atom. The molecule has 1 aromatic carbocycles. The van der Waals surface area contributed by atoms with E-state index in [-0.39, 0.29) is 11.3 Å². The van der Waals surface area contributed by atoms with Gasteiger partial charge in [0.15, 0.2) is 0 Å². The molecule has 2 rings (SSSR count). The smallest absolute Gasteiger partial charge is 0.241 e. The summed E-state index contributed by atoms with van der Waals surface area (Å²) in [5, 5.41) is 2.89. The van der Waals surface area contributed by atoms with E-state index in [1.54, 1.807) is 0 Å². The molecule has 1 amide bonds. The van der Waals surface area contributed by atoms with Crippen molar-refractivity contribution >= 4 is 11.6 Å². The second-order valence-electron chi connectivity index (χ2n) is 7.71. The molecule has 1 atom stereocenters. The van der Waals surface area contributed by atoms with Crippen LogP contribution in [0.25, 0.3) is 0 Å². The summed E-state index contributed by atoms with van der Waals surface area (Å²) < 4.78 is 5.88. The van der Waals surface area contributed by atoms with Gasteiger partial charge in [0.2, 0.25) is 5.91 Å². The van der Waals surface area contributed by atoms with Crippen LogP contribution in [0.1, 0.15) is 39.2 Å². The van der Waals surface area contributed by atoms with Crippen LogP contribution in [0.3, 0.4) is 0 Å². The first-order chi connectivity index (χ1) is 11.3. The molecule has 5 heteroatoms. The topological polar surface area (TPSA) is 67.6 Å². The third-order valence-corrected chi connectivity index (χ3v) is 4.52. The molecule has 134 valence electrons. The van der Waals surface area contributed by atoms with Crippen molar-refractivity contribution in [1.82, 2.24) is 4.90 Å². The standard InChI is InChI=1S/C19H31N3O2/c1-14-13-15(21-18(23)17(20)19(2,3)4)7-8-16(14)24-12-11-22-9-5-6-10-22/h7-8,13,17H,5-6,9-12,20H2,1-4H3,(H,21,23)/t17-/m1/s1. The van der Waals surface area contributed by atoms with Crippen LogP contribution in [-0.2, 0) is 4.79 Å². The van der Waals surface area contributed by atoms with Crippen LogP contribution in [0.15, 0.2) is 18.2 Å². The summed E-state index contributed by atoms with van der Waals surface area (Å²) in [5.74, 6) is 0.705. The Hall–Kier alpha value is -1.59. The van der Waals surface area contributed by atoms with E-state index in [1.165, 1.54) is 25.9 Å². The highest BCUT2D eigenvalue weighted by molar-refractivity contribution is 5.95. The monoisotopic (exact) mass is 333 g/mol. The van der Waals surface area contributed by atoms with Gasteiger partial charge in [-0.25, -0.2) is 0 Å². The van der Waals surface area contributed by atoms with Crippen molar-refractivity contribution in [3.8, 4) is 5.75 Å². The summed E-state index contributed by atoms with van der Waals surface area (Å²) in [5.41, 5.74) is 7.49. The first-order valence-corrected chi connectivity index (χ1v) is 8.79. The van der Waals surface area contributed by atoms with Crippen LogP contribution >= 0.6 is 0 Å². The Kier molecular flexibility index (Phi) is 6.24. The lowest BCUT2D eigenvalue weighted by molar-refractivity contribution is -0.119. The second-order valence-corrected chi connectivity index (χ2v) is 7.71. The van der Waals surface area contributed by atoms with E-state index in [2.05, 4.69) is 10.2 Å². The van der Waals surface area contributed by atoms with Gasteiger partial charge in [-0.15, -0.1) is 0 Å². The number of ether oxygens (including phenoxy) is 1. The number of rotatable bonds is 6. The predicted octanol–water partition coefficient (Wildman–Crippen LogP) is 2.78. The molecule has 0 spiro atoms. The molecule has 0 aliphatic carbocycles. The van der Waals surface area contributed by atoms with Crippen LogP contribution in [0.4, 0.5) is 5.69 Å². The van der Waals surface area contributed by atoms with E-state index in [1.807, 2.05) is 45.9 Å². The maximum absolute atomic E-state index is 12.2. The fourth-order valence-corrected chi connectivity index (χ4v) is 2.79. The highest BCUT2D eigenvalue weighted by Gasteiger charge is 2.27. The summed E-state index contributed by atoms with van der Waals surface area (Å²) >= 11 is 0. The van der Waals surface area contributed by atoms with Gasteiger partial charge in [0.1, 0.15) is 12.4 Å². The highest BCUT2D eigenvalue weighted by Crippen LogP contribution is 2.24. The molecule has 0 bridgehead atoms. The van der Waals surface area contributed by atoms with Crippen molar-refractivity contribution in [3.05, 3.63) is 23.8 Å². The maximum atomic E-state index is 12.2.